The number of rotatable bonds is 2. The van der Waals surface area contributed by atoms with Crippen molar-refractivity contribution in [1.82, 2.24) is 10.2 Å². The summed E-state index contributed by atoms with van der Waals surface area (Å²) in [5.41, 5.74) is 0. The van der Waals surface area contributed by atoms with Crippen molar-refractivity contribution in [2.75, 3.05) is 20.4 Å². The molecule has 1 aliphatic heterocycles. The molecule has 0 saturated heterocycles. The summed E-state index contributed by atoms with van der Waals surface area (Å²) < 4.78 is 4.89. The zero-order valence-electron chi connectivity index (χ0n) is 4.87. The molecular formula is C5H9N2O. The zero-order valence-corrected chi connectivity index (χ0v) is 4.87. The highest BCUT2D eigenvalue weighted by molar-refractivity contribution is 4.78. The van der Waals surface area contributed by atoms with E-state index in [0.717, 1.165) is 6.67 Å². The predicted octanol–water partition coefficient (Wildman–Crippen LogP) is -0.0610. The first-order valence-electron chi connectivity index (χ1n) is 2.51. The van der Waals surface area contributed by atoms with Crippen molar-refractivity contribution in [2.24, 2.45) is 0 Å². The van der Waals surface area contributed by atoms with E-state index in [-0.39, 0.29) is 0 Å². The number of hydrogen-bond donors (Lipinski definition) is 0. The van der Waals surface area contributed by atoms with Crippen LogP contribution in [0.3, 0.4) is 0 Å². The highest BCUT2D eigenvalue weighted by Gasteiger charge is 2.00. The van der Waals surface area contributed by atoms with Crippen molar-refractivity contribution in [3.05, 3.63) is 12.5 Å². The Morgan fingerprint density at radius 2 is 2.75 bits per heavy atom. The van der Waals surface area contributed by atoms with Crippen molar-refractivity contribution < 1.29 is 4.74 Å². The lowest BCUT2D eigenvalue weighted by Crippen LogP contribution is -2.22. The smallest absolute Gasteiger partial charge is 0.161 e. The van der Waals surface area contributed by atoms with Gasteiger partial charge < -0.3 is 9.64 Å². The molecule has 1 heterocycles. The quantitative estimate of drug-likeness (QED) is 0.501. The summed E-state index contributed by atoms with van der Waals surface area (Å²) in [7, 11) is 1.78. The molecule has 1 aliphatic rings. The van der Waals surface area contributed by atoms with Crippen LogP contribution >= 0.6 is 0 Å². The summed E-state index contributed by atoms with van der Waals surface area (Å²) in [4.78, 5) is 1.97. The number of ether oxygens (including phenoxy) is 1. The molecule has 0 aliphatic carbocycles. The van der Waals surface area contributed by atoms with Crippen LogP contribution in [-0.2, 0) is 4.74 Å². The molecule has 0 aromatic rings. The van der Waals surface area contributed by atoms with Gasteiger partial charge in [-0.3, -0.25) is 0 Å². The maximum atomic E-state index is 4.89. The van der Waals surface area contributed by atoms with Gasteiger partial charge in [0.25, 0.3) is 0 Å². The summed E-state index contributed by atoms with van der Waals surface area (Å²) >= 11 is 0. The summed E-state index contributed by atoms with van der Waals surface area (Å²) in [6.07, 6.45) is 3.55. The van der Waals surface area contributed by atoms with Gasteiger partial charge in [-0.2, -0.15) is 0 Å². The third kappa shape index (κ3) is 1.13. The van der Waals surface area contributed by atoms with Gasteiger partial charge in [0.2, 0.25) is 0 Å². The molecule has 45 valence electrons. The fourth-order valence-electron chi connectivity index (χ4n) is 0.581. The third-order valence-corrected chi connectivity index (χ3v) is 0.931. The Balaban J connectivity index is 2.16. The Kier molecular flexibility index (Phi) is 1.75. The second kappa shape index (κ2) is 2.57. The van der Waals surface area contributed by atoms with Gasteiger partial charge in [0.1, 0.15) is 6.26 Å². The van der Waals surface area contributed by atoms with E-state index in [4.69, 9.17) is 4.74 Å². The molecule has 0 saturated carbocycles. The van der Waals surface area contributed by atoms with Gasteiger partial charge in [-0.05, 0) is 0 Å². The lowest BCUT2D eigenvalue weighted by Gasteiger charge is -2.09. The summed E-state index contributed by atoms with van der Waals surface area (Å²) in [5.74, 6) is 0. The molecule has 3 heteroatoms. The van der Waals surface area contributed by atoms with Gasteiger partial charge in [0, 0.05) is 13.2 Å². The average Bonchev–Trinajstić information content (AvgIpc) is 2.19. The van der Waals surface area contributed by atoms with Gasteiger partial charge in [-0.15, -0.1) is 0 Å². The van der Waals surface area contributed by atoms with Crippen LogP contribution in [0, 0.1) is 0 Å². The van der Waals surface area contributed by atoms with Crippen molar-refractivity contribution in [3.63, 3.8) is 0 Å². The van der Waals surface area contributed by atoms with Gasteiger partial charge in [0.15, 0.2) is 6.73 Å². The first-order valence-corrected chi connectivity index (χ1v) is 2.51. The molecule has 0 atom stereocenters. The SMILES string of the molecule is C[N]CN1C=COC1. The van der Waals surface area contributed by atoms with E-state index >= 15 is 0 Å². The molecule has 0 N–H and O–H groups in total. The fraction of sp³-hybridized carbons (Fsp3) is 0.600. The van der Waals surface area contributed by atoms with Gasteiger partial charge in [-0.25, -0.2) is 5.32 Å². The largest absolute Gasteiger partial charge is 0.479 e. The Morgan fingerprint density at radius 3 is 3.25 bits per heavy atom. The van der Waals surface area contributed by atoms with E-state index < -0.39 is 0 Å². The summed E-state index contributed by atoms with van der Waals surface area (Å²) in [5, 5.41) is 3.91. The van der Waals surface area contributed by atoms with Crippen molar-refractivity contribution in [2.45, 2.75) is 0 Å². The minimum absolute atomic E-state index is 0.650. The van der Waals surface area contributed by atoms with Crippen LogP contribution in [0.4, 0.5) is 0 Å². The fourth-order valence-corrected chi connectivity index (χ4v) is 0.581. The van der Waals surface area contributed by atoms with Crippen LogP contribution in [0.1, 0.15) is 0 Å². The second-order valence-corrected chi connectivity index (χ2v) is 1.63. The molecule has 1 rings (SSSR count). The third-order valence-electron chi connectivity index (χ3n) is 0.931. The molecule has 0 amide bonds. The zero-order chi connectivity index (χ0) is 5.82. The monoisotopic (exact) mass is 113 g/mol. The number of hydrogen-bond acceptors (Lipinski definition) is 2. The first kappa shape index (κ1) is 5.44. The second-order valence-electron chi connectivity index (χ2n) is 1.63. The topological polar surface area (TPSA) is 26.6 Å². The molecule has 0 spiro atoms. The van der Waals surface area contributed by atoms with Crippen LogP contribution < -0.4 is 5.32 Å². The van der Waals surface area contributed by atoms with Crippen LogP contribution in [0.25, 0.3) is 0 Å². The van der Waals surface area contributed by atoms with Crippen LogP contribution in [0.2, 0.25) is 0 Å². The standard InChI is InChI=1S/C5H9N2O/c1-6-4-7-2-3-8-5-7/h2-3H,4-5H2,1H3. The van der Waals surface area contributed by atoms with Crippen molar-refractivity contribution >= 4 is 0 Å². The van der Waals surface area contributed by atoms with Crippen LogP contribution in [0.5, 0.6) is 0 Å². The van der Waals surface area contributed by atoms with Crippen LogP contribution in [-0.4, -0.2) is 25.3 Å². The van der Waals surface area contributed by atoms with Crippen molar-refractivity contribution in [1.29, 1.82) is 0 Å². The molecule has 3 nitrogen and oxygen atoms in total. The lowest BCUT2D eigenvalue weighted by molar-refractivity contribution is 0.166. The molecule has 1 radical (unpaired) electrons. The van der Waals surface area contributed by atoms with Gasteiger partial charge in [-0.1, -0.05) is 0 Å². The highest BCUT2D eigenvalue weighted by atomic mass is 16.5. The van der Waals surface area contributed by atoms with E-state index in [0.29, 0.717) is 6.73 Å². The summed E-state index contributed by atoms with van der Waals surface area (Å²) in [6, 6.07) is 0. The van der Waals surface area contributed by atoms with E-state index in [1.165, 1.54) is 0 Å². The first-order chi connectivity index (χ1) is 3.93. The Bertz CT molecular complexity index is 92.4. The van der Waals surface area contributed by atoms with E-state index in [9.17, 15) is 0 Å². The molecular weight excluding hydrogens is 104 g/mol. The summed E-state index contributed by atoms with van der Waals surface area (Å²) in [6.45, 7) is 1.38. The Hall–Kier alpha value is -0.700. The Labute approximate surface area is 48.9 Å². The molecule has 0 aromatic carbocycles. The molecule has 0 aromatic heterocycles. The molecule has 0 unspecified atom stereocenters. The minimum Gasteiger partial charge on any atom is -0.479 e. The average molecular weight is 113 g/mol. The Morgan fingerprint density at radius 1 is 1.88 bits per heavy atom. The maximum absolute atomic E-state index is 4.89. The predicted molar refractivity (Wildman–Crippen MR) is 29.9 cm³/mol. The van der Waals surface area contributed by atoms with E-state index in [2.05, 4.69) is 5.32 Å². The minimum atomic E-state index is 0.650. The maximum Gasteiger partial charge on any atom is 0.161 e. The number of nitrogens with zero attached hydrogens (tertiary/aromatic N) is 2. The van der Waals surface area contributed by atoms with Crippen LogP contribution in [0.15, 0.2) is 12.5 Å². The van der Waals surface area contributed by atoms with Gasteiger partial charge >= 0.3 is 0 Å². The molecule has 0 fully saturated rings. The molecule has 8 heavy (non-hydrogen) atoms. The van der Waals surface area contributed by atoms with Gasteiger partial charge in [0.05, 0.1) is 6.67 Å². The van der Waals surface area contributed by atoms with Crippen molar-refractivity contribution in [3.8, 4) is 0 Å². The van der Waals surface area contributed by atoms with E-state index in [1.807, 2.05) is 11.1 Å². The lowest BCUT2D eigenvalue weighted by atomic mass is 10.8. The van der Waals surface area contributed by atoms with E-state index in [1.54, 1.807) is 13.3 Å². The molecule has 0 bridgehead atoms. The highest BCUT2D eigenvalue weighted by Crippen LogP contribution is 1.97. The normalized spacial score (nSPS) is 16.9.